The summed E-state index contributed by atoms with van der Waals surface area (Å²) in [5, 5.41) is 2.97. The molecule has 0 aromatic heterocycles. The summed E-state index contributed by atoms with van der Waals surface area (Å²) in [5.41, 5.74) is 9.33. The lowest BCUT2D eigenvalue weighted by atomic mass is 9.84. The average molecular weight is 488 g/mol. The Labute approximate surface area is 212 Å². The van der Waals surface area contributed by atoms with Crippen LogP contribution in [0.15, 0.2) is 78.9 Å². The third-order valence-electron chi connectivity index (χ3n) is 6.77. The van der Waals surface area contributed by atoms with Gasteiger partial charge in [0.1, 0.15) is 17.5 Å². The van der Waals surface area contributed by atoms with Crippen LogP contribution in [0.5, 0.6) is 11.5 Å². The molecule has 3 aromatic carbocycles. The highest BCUT2D eigenvalue weighted by Crippen LogP contribution is 2.31. The van der Waals surface area contributed by atoms with Crippen LogP contribution in [0.4, 0.5) is 0 Å². The Morgan fingerprint density at radius 3 is 2.00 bits per heavy atom. The maximum atomic E-state index is 13.7. The highest BCUT2D eigenvalue weighted by atomic mass is 16.5. The topological polar surface area (TPSA) is 93.9 Å². The fourth-order valence-electron chi connectivity index (χ4n) is 4.96. The van der Waals surface area contributed by atoms with E-state index in [1.165, 1.54) is 0 Å². The second kappa shape index (κ2) is 11.7. The summed E-state index contributed by atoms with van der Waals surface area (Å²) in [7, 11) is 3.16. The lowest BCUT2D eigenvalue weighted by molar-refractivity contribution is -0.139. The first-order chi connectivity index (χ1) is 17.5. The molecule has 1 aliphatic heterocycles. The number of likely N-dealkylation sites (tertiary alicyclic amines) is 1. The van der Waals surface area contributed by atoms with Crippen LogP contribution in [0.1, 0.15) is 35.4 Å². The predicted octanol–water partition coefficient (Wildman–Crippen LogP) is 3.47. The zero-order chi connectivity index (χ0) is 25.5. The first kappa shape index (κ1) is 25.3. The van der Waals surface area contributed by atoms with E-state index in [2.05, 4.69) is 5.32 Å². The van der Waals surface area contributed by atoms with Crippen LogP contribution in [-0.4, -0.2) is 49.6 Å². The minimum absolute atomic E-state index is 0.211. The number of nitrogens with two attached hydrogens (primary N) is 1. The molecule has 7 nitrogen and oxygen atoms in total. The molecule has 0 radical (unpaired) electrons. The van der Waals surface area contributed by atoms with Gasteiger partial charge in [0.25, 0.3) is 0 Å². The number of hydrogen-bond acceptors (Lipinski definition) is 5. The van der Waals surface area contributed by atoms with E-state index in [-0.39, 0.29) is 24.3 Å². The second-order valence-corrected chi connectivity index (χ2v) is 8.87. The van der Waals surface area contributed by atoms with Gasteiger partial charge in [-0.15, -0.1) is 0 Å². The third-order valence-corrected chi connectivity index (χ3v) is 6.77. The largest absolute Gasteiger partial charge is 0.496 e. The van der Waals surface area contributed by atoms with Gasteiger partial charge in [0.15, 0.2) is 0 Å². The van der Waals surface area contributed by atoms with Crippen molar-refractivity contribution in [2.75, 3.05) is 20.8 Å². The summed E-state index contributed by atoms with van der Waals surface area (Å²) >= 11 is 0. The number of ether oxygens (including phenoxy) is 2. The molecule has 4 rings (SSSR count). The van der Waals surface area contributed by atoms with Crippen molar-refractivity contribution >= 4 is 11.8 Å². The van der Waals surface area contributed by atoms with Crippen molar-refractivity contribution in [3.05, 3.63) is 95.6 Å². The van der Waals surface area contributed by atoms with E-state index >= 15 is 0 Å². The van der Waals surface area contributed by atoms with Crippen LogP contribution < -0.4 is 20.5 Å². The number of methoxy groups -OCH3 is 2. The van der Waals surface area contributed by atoms with E-state index < -0.39 is 12.1 Å². The van der Waals surface area contributed by atoms with Crippen molar-refractivity contribution in [1.29, 1.82) is 0 Å². The molecule has 36 heavy (non-hydrogen) atoms. The maximum Gasteiger partial charge on any atom is 0.243 e. The van der Waals surface area contributed by atoms with Gasteiger partial charge < -0.3 is 25.4 Å². The molecule has 3 N–H and O–H groups in total. The Balaban J connectivity index is 1.52. The van der Waals surface area contributed by atoms with Gasteiger partial charge in [-0.3, -0.25) is 9.59 Å². The molecule has 0 saturated carbocycles. The monoisotopic (exact) mass is 487 g/mol. The Morgan fingerprint density at radius 2 is 1.47 bits per heavy atom. The smallest absolute Gasteiger partial charge is 0.243 e. The summed E-state index contributed by atoms with van der Waals surface area (Å²) in [4.78, 5) is 28.6. The molecule has 0 bridgehead atoms. The van der Waals surface area contributed by atoms with E-state index in [0.29, 0.717) is 24.5 Å². The zero-order valence-electron chi connectivity index (χ0n) is 20.7. The number of carbonyl (C=O) groups is 2. The normalized spacial score (nSPS) is 16.0. The third kappa shape index (κ3) is 5.36. The molecule has 7 heteroatoms. The number of benzene rings is 3. The fourth-order valence-corrected chi connectivity index (χ4v) is 4.96. The molecule has 1 heterocycles. The van der Waals surface area contributed by atoms with Crippen molar-refractivity contribution < 1.29 is 19.1 Å². The highest BCUT2D eigenvalue weighted by molar-refractivity contribution is 5.91. The number of hydrogen-bond donors (Lipinski definition) is 2. The maximum absolute atomic E-state index is 13.7. The van der Waals surface area contributed by atoms with E-state index in [9.17, 15) is 9.59 Å². The van der Waals surface area contributed by atoms with Gasteiger partial charge in [0.05, 0.1) is 32.4 Å². The van der Waals surface area contributed by atoms with Crippen LogP contribution in [0.3, 0.4) is 0 Å². The SMILES string of the molecule is COc1cccc(OC)c1CNC(=O)[C@@H]1CCCN1C(=O)[C@H](N)C(c1ccccc1)c1ccccc1. The minimum atomic E-state index is -0.822. The molecule has 2 atom stereocenters. The minimum Gasteiger partial charge on any atom is -0.496 e. The molecule has 1 aliphatic rings. The fraction of sp³-hybridized carbons (Fsp3) is 0.310. The van der Waals surface area contributed by atoms with Crippen molar-refractivity contribution in [2.45, 2.75) is 37.4 Å². The van der Waals surface area contributed by atoms with Gasteiger partial charge in [-0.2, -0.15) is 0 Å². The first-order valence-corrected chi connectivity index (χ1v) is 12.2. The Kier molecular flexibility index (Phi) is 8.23. The Hall–Kier alpha value is -3.84. The number of rotatable bonds is 9. The van der Waals surface area contributed by atoms with Gasteiger partial charge in [0.2, 0.25) is 11.8 Å². The van der Waals surface area contributed by atoms with Crippen LogP contribution >= 0.6 is 0 Å². The summed E-state index contributed by atoms with van der Waals surface area (Å²) < 4.78 is 10.9. The van der Waals surface area contributed by atoms with E-state index in [0.717, 1.165) is 23.1 Å². The van der Waals surface area contributed by atoms with Crippen molar-refractivity contribution in [1.82, 2.24) is 10.2 Å². The quantitative estimate of drug-likeness (QED) is 0.482. The van der Waals surface area contributed by atoms with Gasteiger partial charge in [-0.1, -0.05) is 66.7 Å². The lowest BCUT2D eigenvalue weighted by Crippen LogP contribution is -2.52. The van der Waals surface area contributed by atoms with Gasteiger partial charge in [0, 0.05) is 12.5 Å². The molecule has 1 fully saturated rings. The van der Waals surface area contributed by atoms with Crippen molar-refractivity contribution in [2.24, 2.45) is 5.73 Å². The van der Waals surface area contributed by atoms with Gasteiger partial charge in [-0.05, 0) is 36.1 Å². The predicted molar refractivity (Wildman–Crippen MR) is 139 cm³/mol. The molecule has 0 spiro atoms. The summed E-state index contributed by atoms with van der Waals surface area (Å²) in [6, 6.07) is 23.7. The van der Waals surface area contributed by atoms with E-state index in [4.69, 9.17) is 15.2 Å². The van der Waals surface area contributed by atoms with Gasteiger partial charge >= 0.3 is 0 Å². The number of nitrogens with one attached hydrogen (secondary N) is 1. The van der Waals surface area contributed by atoms with Crippen LogP contribution in [0, 0.1) is 0 Å². The molecule has 2 amide bonds. The molecule has 0 unspecified atom stereocenters. The first-order valence-electron chi connectivity index (χ1n) is 12.2. The molecule has 188 valence electrons. The van der Waals surface area contributed by atoms with Crippen LogP contribution in [-0.2, 0) is 16.1 Å². The number of carbonyl (C=O) groups excluding carboxylic acids is 2. The summed E-state index contributed by atoms with van der Waals surface area (Å²) in [6.07, 6.45) is 1.34. The van der Waals surface area contributed by atoms with E-state index in [1.807, 2.05) is 78.9 Å². The molecule has 0 aliphatic carbocycles. The van der Waals surface area contributed by atoms with Crippen LogP contribution in [0.25, 0.3) is 0 Å². The zero-order valence-corrected chi connectivity index (χ0v) is 20.7. The summed E-state index contributed by atoms with van der Waals surface area (Å²) in [6.45, 7) is 0.728. The number of amides is 2. The molecule has 3 aromatic rings. The molecule has 1 saturated heterocycles. The molecular formula is C29H33N3O4. The standard InChI is InChI=1S/C29H33N3O4/c1-35-24-16-9-17-25(36-2)22(24)19-31-28(33)23-15-10-18-32(23)29(34)27(30)26(20-11-5-3-6-12-20)21-13-7-4-8-14-21/h3-9,11-14,16-17,23,26-27H,10,15,18-19,30H2,1-2H3,(H,31,33)/t23-,27+/m0/s1. The van der Waals surface area contributed by atoms with Crippen molar-refractivity contribution in [3.63, 3.8) is 0 Å². The average Bonchev–Trinajstić information content (AvgIpc) is 3.42. The Bertz CT molecular complexity index is 1110. The highest BCUT2D eigenvalue weighted by Gasteiger charge is 2.39. The van der Waals surface area contributed by atoms with E-state index in [1.54, 1.807) is 19.1 Å². The molecular weight excluding hydrogens is 454 g/mol. The van der Waals surface area contributed by atoms with Gasteiger partial charge in [-0.25, -0.2) is 0 Å². The summed E-state index contributed by atoms with van der Waals surface area (Å²) in [5.74, 6) is 0.508. The Morgan fingerprint density at radius 1 is 0.917 bits per heavy atom. The van der Waals surface area contributed by atoms with Crippen LogP contribution in [0.2, 0.25) is 0 Å². The van der Waals surface area contributed by atoms with Crippen molar-refractivity contribution in [3.8, 4) is 11.5 Å². The number of nitrogens with zero attached hydrogens (tertiary/aromatic N) is 1. The lowest BCUT2D eigenvalue weighted by Gasteiger charge is -2.31. The second-order valence-electron chi connectivity index (χ2n) is 8.87.